The smallest absolute Gasteiger partial charge is 0.419 e. The number of para-hydroxylation sites is 4. The molecule has 166 valence electrons. The number of hydrogen-bond acceptors (Lipinski definition) is 6. The van der Waals surface area contributed by atoms with Crippen LogP contribution >= 0.6 is 0 Å². The molecule has 0 aliphatic carbocycles. The zero-order valence-electron chi connectivity index (χ0n) is 17.4. The lowest BCUT2D eigenvalue weighted by atomic mass is 10.1. The molecule has 0 bridgehead atoms. The molecule has 0 spiro atoms. The number of carbonyl (C=O) groups is 2. The standard InChI is InChI=1S/C23H23N3O6/c27-21(9-10-25-16-5-1-4-8-19(16)32-23(25)29)26-15-20(22(28)24-11-13-30-14-12-24)31-18-7-3-2-6-17(18)26/h1-8,20H,9-15H2. The van der Waals surface area contributed by atoms with E-state index in [4.69, 9.17) is 13.9 Å². The summed E-state index contributed by atoms with van der Waals surface area (Å²) in [5, 5.41) is 0. The minimum atomic E-state index is -0.788. The first-order valence-corrected chi connectivity index (χ1v) is 10.6. The fourth-order valence-electron chi connectivity index (χ4n) is 4.15. The Labute approximate surface area is 183 Å². The van der Waals surface area contributed by atoms with Crippen LogP contribution in [0.25, 0.3) is 11.1 Å². The van der Waals surface area contributed by atoms with Gasteiger partial charge in [0.15, 0.2) is 11.7 Å². The number of oxazole rings is 1. The van der Waals surface area contributed by atoms with Gasteiger partial charge in [0.2, 0.25) is 5.91 Å². The number of morpholine rings is 1. The lowest BCUT2D eigenvalue weighted by Gasteiger charge is -2.37. The fourth-order valence-corrected chi connectivity index (χ4v) is 4.15. The number of amides is 2. The SMILES string of the molecule is O=C(C1CN(C(=O)CCn2c(=O)oc3ccccc32)c2ccccc2O1)N1CCOCC1. The number of benzene rings is 2. The molecule has 0 N–H and O–H groups in total. The molecule has 1 unspecified atom stereocenters. The van der Waals surface area contributed by atoms with Crippen LogP contribution in [0.5, 0.6) is 5.75 Å². The molecule has 0 radical (unpaired) electrons. The molecule has 32 heavy (non-hydrogen) atoms. The van der Waals surface area contributed by atoms with Gasteiger partial charge in [0.1, 0.15) is 5.75 Å². The van der Waals surface area contributed by atoms with E-state index in [1.807, 2.05) is 12.1 Å². The highest BCUT2D eigenvalue weighted by molar-refractivity contribution is 5.97. The Morgan fingerprint density at radius 2 is 1.75 bits per heavy atom. The third kappa shape index (κ3) is 3.75. The molecule has 2 amide bonds. The maximum Gasteiger partial charge on any atom is 0.419 e. The van der Waals surface area contributed by atoms with E-state index in [-0.39, 0.29) is 31.3 Å². The second-order valence-electron chi connectivity index (χ2n) is 7.75. The Morgan fingerprint density at radius 3 is 2.59 bits per heavy atom. The molecule has 1 atom stereocenters. The second-order valence-corrected chi connectivity index (χ2v) is 7.75. The molecule has 3 aromatic rings. The van der Waals surface area contributed by atoms with Crippen molar-refractivity contribution in [3.05, 3.63) is 59.1 Å². The summed E-state index contributed by atoms with van der Waals surface area (Å²) in [6, 6.07) is 14.3. The zero-order valence-corrected chi connectivity index (χ0v) is 17.4. The number of rotatable bonds is 4. The van der Waals surface area contributed by atoms with Crippen molar-refractivity contribution in [1.29, 1.82) is 0 Å². The first kappa shape index (κ1) is 20.3. The van der Waals surface area contributed by atoms with Gasteiger partial charge >= 0.3 is 5.76 Å². The molecule has 3 heterocycles. The molecular formula is C23H23N3O6. The van der Waals surface area contributed by atoms with E-state index in [0.29, 0.717) is 48.8 Å². The van der Waals surface area contributed by atoms with Crippen molar-refractivity contribution in [3.8, 4) is 5.75 Å². The molecule has 0 saturated carbocycles. The van der Waals surface area contributed by atoms with E-state index >= 15 is 0 Å². The van der Waals surface area contributed by atoms with Gasteiger partial charge in [0.25, 0.3) is 5.91 Å². The van der Waals surface area contributed by atoms with Crippen molar-refractivity contribution >= 4 is 28.6 Å². The Hall–Kier alpha value is -3.59. The monoisotopic (exact) mass is 437 g/mol. The summed E-state index contributed by atoms with van der Waals surface area (Å²) in [5.41, 5.74) is 1.75. The number of nitrogens with zero attached hydrogens (tertiary/aromatic N) is 3. The van der Waals surface area contributed by atoms with Crippen LogP contribution in [0.4, 0.5) is 5.69 Å². The van der Waals surface area contributed by atoms with Crippen LogP contribution in [0, 0.1) is 0 Å². The maximum atomic E-state index is 13.2. The Balaban J connectivity index is 1.36. The average molecular weight is 437 g/mol. The molecule has 2 aromatic carbocycles. The summed E-state index contributed by atoms with van der Waals surface area (Å²) >= 11 is 0. The molecule has 2 aliphatic rings. The van der Waals surface area contributed by atoms with Crippen LogP contribution in [0.15, 0.2) is 57.7 Å². The Kier molecular flexibility index (Phi) is 5.40. The van der Waals surface area contributed by atoms with Crippen LogP contribution in [0.3, 0.4) is 0 Å². The number of hydrogen-bond donors (Lipinski definition) is 0. The summed E-state index contributed by atoms with van der Waals surface area (Å²) in [6.07, 6.45) is -0.708. The molecule has 2 aliphatic heterocycles. The van der Waals surface area contributed by atoms with Gasteiger partial charge in [0, 0.05) is 26.1 Å². The lowest BCUT2D eigenvalue weighted by molar-refractivity contribution is -0.142. The largest absolute Gasteiger partial charge is 0.476 e. The van der Waals surface area contributed by atoms with Crippen LogP contribution in [0.2, 0.25) is 0 Å². The Bertz CT molecular complexity index is 1210. The summed E-state index contributed by atoms with van der Waals surface area (Å²) in [6.45, 7) is 2.29. The maximum absolute atomic E-state index is 13.2. The van der Waals surface area contributed by atoms with Crippen LogP contribution in [0.1, 0.15) is 6.42 Å². The highest BCUT2D eigenvalue weighted by atomic mass is 16.5. The van der Waals surface area contributed by atoms with Crippen molar-refractivity contribution in [2.24, 2.45) is 0 Å². The topological polar surface area (TPSA) is 94.2 Å². The minimum absolute atomic E-state index is 0.0796. The second kappa shape index (κ2) is 8.51. The molecular weight excluding hydrogens is 414 g/mol. The number of anilines is 1. The number of carbonyl (C=O) groups excluding carboxylic acids is 2. The van der Waals surface area contributed by atoms with Crippen molar-refractivity contribution < 1.29 is 23.5 Å². The van der Waals surface area contributed by atoms with Crippen molar-refractivity contribution in [3.63, 3.8) is 0 Å². The number of ether oxygens (including phenoxy) is 2. The average Bonchev–Trinajstić information content (AvgIpc) is 3.16. The van der Waals surface area contributed by atoms with Gasteiger partial charge < -0.3 is 23.7 Å². The van der Waals surface area contributed by atoms with Crippen LogP contribution < -0.4 is 15.4 Å². The molecule has 9 nitrogen and oxygen atoms in total. The summed E-state index contributed by atoms with van der Waals surface area (Å²) < 4.78 is 18.0. The van der Waals surface area contributed by atoms with Gasteiger partial charge in [-0.3, -0.25) is 14.2 Å². The van der Waals surface area contributed by atoms with Gasteiger partial charge in [-0.15, -0.1) is 0 Å². The summed E-state index contributed by atoms with van der Waals surface area (Å²) in [5.74, 6) is -0.359. The predicted molar refractivity (Wildman–Crippen MR) is 116 cm³/mol. The lowest BCUT2D eigenvalue weighted by Crippen LogP contribution is -2.54. The summed E-state index contributed by atoms with van der Waals surface area (Å²) in [7, 11) is 0. The molecule has 5 rings (SSSR count). The van der Waals surface area contributed by atoms with E-state index in [1.165, 1.54) is 4.57 Å². The molecule has 1 saturated heterocycles. The first-order chi connectivity index (χ1) is 15.6. The van der Waals surface area contributed by atoms with Crippen molar-refractivity contribution in [2.75, 3.05) is 37.7 Å². The van der Waals surface area contributed by atoms with Gasteiger partial charge in [-0.2, -0.15) is 0 Å². The fraction of sp³-hybridized carbons (Fsp3) is 0.348. The zero-order chi connectivity index (χ0) is 22.1. The van der Waals surface area contributed by atoms with E-state index in [9.17, 15) is 14.4 Å². The third-order valence-electron chi connectivity index (χ3n) is 5.80. The number of fused-ring (bicyclic) bond motifs is 2. The highest BCUT2D eigenvalue weighted by Gasteiger charge is 2.36. The van der Waals surface area contributed by atoms with Gasteiger partial charge in [-0.05, 0) is 24.3 Å². The van der Waals surface area contributed by atoms with Gasteiger partial charge in [0.05, 0.1) is 31.0 Å². The van der Waals surface area contributed by atoms with Gasteiger partial charge in [-0.1, -0.05) is 24.3 Å². The minimum Gasteiger partial charge on any atom is -0.476 e. The number of aromatic nitrogens is 1. The molecule has 9 heteroatoms. The van der Waals surface area contributed by atoms with E-state index in [0.717, 1.165) is 0 Å². The molecule has 1 fully saturated rings. The van der Waals surface area contributed by atoms with E-state index in [1.54, 1.807) is 46.2 Å². The Morgan fingerprint density at radius 1 is 1.00 bits per heavy atom. The third-order valence-corrected chi connectivity index (χ3v) is 5.80. The van der Waals surface area contributed by atoms with E-state index < -0.39 is 11.9 Å². The van der Waals surface area contributed by atoms with Crippen LogP contribution in [-0.4, -0.2) is 60.2 Å². The molecule has 1 aromatic heterocycles. The van der Waals surface area contributed by atoms with Crippen LogP contribution in [-0.2, 0) is 20.9 Å². The van der Waals surface area contributed by atoms with Gasteiger partial charge in [-0.25, -0.2) is 4.79 Å². The van der Waals surface area contributed by atoms with Crippen molar-refractivity contribution in [2.45, 2.75) is 19.1 Å². The summed E-state index contributed by atoms with van der Waals surface area (Å²) in [4.78, 5) is 41.8. The highest BCUT2D eigenvalue weighted by Crippen LogP contribution is 2.34. The number of aryl methyl sites for hydroxylation is 1. The normalized spacial score (nSPS) is 18.3. The quantitative estimate of drug-likeness (QED) is 0.616. The van der Waals surface area contributed by atoms with E-state index in [2.05, 4.69) is 0 Å². The first-order valence-electron chi connectivity index (χ1n) is 10.6. The van der Waals surface area contributed by atoms with Crippen molar-refractivity contribution in [1.82, 2.24) is 9.47 Å². The predicted octanol–water partition coefficient (Wildman–Crippen LogP) is 1.64.